The number of phenols is 1. The number of benzene rings is 3. The predicted molar refractivity (Wildman–Crippen MR) is 204 cm³/mol. The highest BCUT2D eigenvalue weighted by atomic mass is 19.4. The Morgan fingerprint density at radius 1 is 0.704 bits per heavy atom. The van der Waals surface area contributed by atoms with Crippen LogP contribution in [0.25, 0.3) is 0 Å². The van der Waals surface area contributed by atoms with Crippen molar-refractivity contribution in [3.8, 4) is 5.75 Å². The molecule has 3 aromatic rings. The Kier molecular flexibility index (Phi) is 14.5. The number of alkyl halides is 6. The van der Waals surface area contributed by atoms with E-state index in [-0.39, 0.29) is 23.4 Å². The summed E-state index contributed by atoms with van der Waals surface area (Å²) in [4.78, 5) is 7.42. The second-order valence-corrected chi connectivity index (χ2v) is 16.1. The number of nitrogens with zero attached hydrogens (tertiary/aromatic N) is 3. The molecule has 2 saturated heterocycles. The number of halogens is 6. The van der Waals surface area contributed by atoms with Crippen molar-refractivity contribution in [1.82, 2.24) is 20.0 Å². The molecule has 0 bridgehead atoms. The number of hydrogen-bond acceptors (Lipinski definition) is 5. The molecule has 2 heterocycles. The van der Waals surface area contributed by atoms with Gasteiger partial charge in [-0.3, -0.25) is 9.80 Å². The van der Waals surface area contributed by atoms with Gasteiger partial charge < -0.3 is 15.3 Å². The molecule has 0 amide bonds. The fourth-order valence-corrected chi connectivity index (χ4v) is 8.17. The molecule has 5 rings (SSSR count). The van der Waals surface area contributed by atoms with E-state index in [9.17, 15) is 31.4 Å². The van der Waals surface area contributed by atoms with Gasteiger partial charge in [0.1, 0.15) is 5.75 Å². The second kappa shape index (κ2) is 18.7. The van der Waals surface area contributed by atoms with Crippen LogP contribution < -0.4 is 5.32 Å². The van der Waals surface area contributed by atoms with Crippen LogP contribution in [-0.4, -0.2) is 90.8 Å². The number of piperazine rings is 2. The maximum absolute atomic E-state index is 13.5. The first kappa shape index (κ1) is 42.0. The van der Waals surface area contributed by atoms with E-state index in [4.69, 9.17) is 0 Å². The third-order valence-electron chi connectivity index (χ3n) is 11.2. The van der Waals surface area contributed by atoms with Crippen LogP contribution in [0.15, 0.2) is 66.7 Å². The van der Waals surface area contributed by atoms with Crippen LogP contribution in [0, 0.1) is 5.92 Å². The van der Waals surface area contributed by atoms with Crippen LogP contribution in [0.2, 0.25) is 0 Å². The van der Waals surface area contributed by atoms with Gasteiger partial charge in [-0.05, 0) is 103 Å². The van der Waals surface area contributed by atoms with Crippen LogP contribution in [0.1, 0.15) is 92.2 Å². The van der Waals surface area contributed by atoms with Crippen molar-refractivity contribution in [2.24, 2.45) is 5.92 Å². The third-order valence-corrected chi connectivity index (χ3v) is 11.2. The summed E-state index contributed by atoms with van der Waals surface area (Å²) in [6.45, 7) is 15.9. The number of aromatic hydroxyl groups is 1. The molecule has 0 radical (unpaired) electrons. The summed E-state index contributed by atoms with van der Waals surface area (Å²) in [6, 6.07) is 19.1. The zero-order valence-corrected chi connectivity index (χ0v) is 32.2. The standard InChI is InChI=1S/C43H58F6N4O/c1-30(2)21-33-8-12-35(13-9-33)31(3)27-53-20-19-51(29-40(53)22-34-10-14-41(54)15-11-34)17-6-5-7-39-26-50-16-18-52(39)28-32(4)36-23-37(42(44,45)46)25-38(24-36)43(47,48)49/h8-15,23-25,30-32,39-40,50,54H,5-7,16-22,26-29H2,1-4H3/t31?,32?,39-,40-/m0/s1. The second-order valence-electron chi connectivity index (χ2n) is 16.1. The Morgan fingerprint density at radius 3 is 1.91 bits per heavy atom. The van der Waals surface area contributed by atoms with Gasteiger partial charge in [0.05, 0.1) is 11.1 Å². The average molecular weight is 761 g/mol. The maximum atomic E-state index is 13.5. The predicted octanol–water partition coefficient (Wildman–Crippen LogP) is 9.21. The van der Waals surface area contributed by atoms with Crippen LogP contribution in [0.3, 0.4) is 0 Å². The lowest BCUT2D eigenvalue weighted by Crippen LogP contribution is -2.55. The van der Waals surface area contributed by atoms with Crippen LogP contribution in [-0.2, 0) is 25.2 Å². The van der Waals surface area contributed by atoms with Gasteiger partial charge in [0, 0.05) is 64.4 Å². The molecule has 2 unspecified atom stereocenters. The molecule has 4 atom stereocenters. The summed E-state index contributed by atoms with van der Waals surface area (Å²) in [5, 5.41) is 13.3. The molecule has 11 heteroatoms. The first-order valence-electron chi connectivity index (χ1n) is 19.6. The van der Waals surface area contributed by atoms with E-state index in [2.05, 4.69) is 65.1 Å². The first-order valence-corrected chi connectivity index (χ1v) is 19.6. The van der Waals surface area contributed by atoms with Gasteiger partial charge in [0.15, 0.2) is 0 Å². The van der Waals surface area contributed by atoms with Gasteiger partial charge in [0.2, 0.25) is 0 Å². The molecule has 3 aromatic carbocycles. The summed E-state index contributed by atoms with van der Waals surface area (Å²) in [5.41, 5.74) is 1.47. The summed E-state index contributed by atoms with van der Waals surface area (Å²) < 4.78 is 81.2. The van der Waals surface area contributed by atoms with E-state index in [1.807, 2.05) is 12.1 Å². The van der Waals surface area contributed by atoms with Crippen LogP contribution >= 0.6 is 0 Å². The molecule has 54 heavy (non-hydrogen) atoms. The molecule has 2 N–H and O–H groups in total. The lowest BCUT2D eigenvalue weighted by Gasteiger charge is -2.43. The van der Waals surface area contributed by atoms with Crippen LogP contribution in [0.5, 0.6) is 5.75 Å². The third kappa shape index (κ3) is 12.2. The fraction of sp³-hybridized carbons (Fsp3) is 0.581. The summed E-state index contributed by atoms with van der Waals surface area (Å²) >= 11 is 0. The van der Waals surface area contributed by atoms with Crippen molar-refractivity contribution in [1.29, 1.82) is 0 Å². The van der Waals surface area contributed by atoms with Crippen molar-refractivity contribution >= 4 is 0 Å². The van der Waals surface area contributed by atoms with Gasteiger partial charge in [-0.2, -0.15) is 26.3 Å². The monoisotopic (exact) mass is 760 g/mol. The number of hydrogen-bond donors (Lipinski definition) is 2. The van der Waals surface area contributed by atoms with E-state index in [1.54, 1.807) is 19.1 Å². The lowest BCUT2D eigenvalue weighted by molar-refractivity contribution is -0.143. The van der Waals surface area contributed by atoms with Crippen molar-refractivity contribution in [3.63, 3.8) is 0 Å². The molecule has 0 aromatic heterocycles. The van der Waals surface area contributed by atoms with Crippen molar-refractivity contribution < 1.29 is 31.4 Å². The minimum Gasteiger partial charge on any atom is -0.508 e. The Hall–Kier alpha value is -3.12. The average Bonchev–Trinajstić information content (AvgIpc) is 3.11. The topological polar surface area (TPSA) is 42.0 Å². The Morgan fingerprint density at radius 2 is 1.30 bits per heavy atom. The molecular formula is C43H58F6N4O. The van der Waals surface area contributed by atoms with E-state index in [0.717, 1.165) is 90.1 Å². The highest BCUT2D eigenvalue weighted by Crippen LogP contribution is 2.38. The molecule has 2 aliphatic heterocycles. The molecule has 0 aliphatic carbocycles. The number of nitrogens with one attached hydrogen (secondary N) is 1. The van der Waals surface area contributed by atoms with Gasteiger partial charge >= 0.3 is 12.4 Å². The number of unbranched alkanes of at least 4 members (excludes halogenated alkanes) is 1. The quantitative estimate of drug-likeness (QED) is 0.120. The first-order chi connectivity index (χ1) is 25.5. The van der Waals surface area contributed by atoms with Crippen molar-refractivity contribution in [2.75, 3.05) is 58.9 Å². The lowest BCUT2D eigenvalue weighted by atomic mass is 9.94. The molecule has 5 nitrogen and oxygen atoms in total. The zero-order chi connectivity index (χ0) is 39.0. The minimum absolute atomic E-state index is 0.0596. The van der Waals surface area contributed by atoms with Crippen molar-refractivity contribution in [2.45, 2.75) is 96.1 Å². The normalized spacial score (nSPS) is 20.7. The van der Waals surface area contributed by atoms with Gasteiger partial charge in [-0.15, -0.1) is 0 Å². The van der Waals surface area contributed by atoms with Crippen LogP contribution in [0.4, 0.5) is 26.3 Å². The molecule has 2 fully saturated rings. The Bertz CT molecular complexity index is 1560. The van der Waals surface area contributed by atoms with Crippen molar-refractivity contribution in [3.05, 3.63) is 100 Å². The van der Waals surface area contributed by atoms with E-state index in [1.165, 1.54) is 16.7 Å². The van der Waals surface area contributed by atoms with Gasteiger partial charge in [-0.25, -0.2) is 0 Å². The SMILES string of the molecule is CC(C)Cc1ccc(C(C)CN2CCN(CCCC[C@H]3CNCCN3CC(C)c3cc(C(F)(F)F)cc(C(F)(F)F)c3)C[C@@H]2Cc2ccc(O)cc2)cc1. The molecule has 298 valence electrons. The largest absolute Gasteiger partial charge is 0.508 e. The molecular weight excluding hydrogens is 702 g/mol. The summed E-state index contributed by atoms with van der Waals surface area (Å²) in [7, 11) is 0. The van der Waals surface area contributed by atoms with Gasteiger partial charge in [-0.1, -0.05) is 70.5 Å². The molecule has 2 aliphatic rings. The van der Waals surface area contributed by atoms with E-state index < -0.39 is 29.4 Å². The summed E-state index contributed by atoms with van der Waals surface area (Å²) in [5.74, 6) is 0.785. The van der Waals surface area contributed by atoms with E-state index in [0.29, 0.717) is 31.0 Å². The fourth-order valence-electron chi connectivity index (χ4n) is 8.17. The zero-order valence-electron chi connectivity index (χ0n) is 32.2. The molecule has 0 spiro atoms. The van der Waals surface area contributed by atoms with E-state index >= 15 is 0 Å². The highest BCUT2D eigenvalue weighted by Gasteiger charge is 2.38. The Labute approximate surface area is 317 Å². The Balaban J connectivity index is 1.16. The summed E-state index contributed by atoms with van der Waals surface area (Å²) in [6.07, 6.45) is -4.85. The smallest absolute Gasteiger partial charge is 0.416 e. The minimum atomic E-state index is -4.86. The highest BCUT2D eigenvalue weighted by molar-refractivity contribution is 5.35. The number of phenolic OH excluding ortho intramolecular Hbond substituents is 1. The maximum Gasteiger partial charge on any atom is 0.416 e. The molecule has 0 saturated carbocycles. The van der Waals surface area contributed by atoms with Gasteiger partial charge in [0.25, 0.3) is 0 Å². The number of rotatable bonds is 15.